The van der Waals surface area contributed by atoms with E-state index in [2.05, 4.69) is 34.3 Å². The van der Waals surface area contributed by atoms with Crippen LogP contribution in [0.15, 0.2) is 24.3 Å². The lowest BCUT2D eigenvalue weighted by atomic mass is 10.1. The number of rotatable bonds is 5. The number of anilines is 1. The van der Waals surface area contributed by atoms with Crippen molar-refractivity contribution in [1.29, 1.82) is 0 Å². The molecule has 2 aromatic heterocycles. The summed E-state index contributed by atoms with van der Waals surface area (Å²) in [7, 11) is 0. The van der Waals surface area contributed by atoms with Gasteiger partial charge in [0.15, 0.2) is 0 Å². The lowest BCUT2D eigenvalue weighted by molar-refractivity contribution is -0.116. The van der Waals surface area contributed by atoms with Crippen molar-refractivity contribution in [2.24, 2.45) is 5.92 Å². The maximum Gasteiger partial charge on any atom is 0.246 e. The van der Waals surface area contributed by atoms with Gasteiger partial charge >= 0.3 is 0 Å². The second-order valence-electron chi connectivity index (χ2n) is 5.88. The molecule has 0 fully saturated rings. The van der Waals surface area contributed by atoms with Gasteiger partial charge < -0.3 is 4.57 Å². The predicted molar refractivity (Wildman–Crippen MR) is 91.6 cm³/mol. The number of fused-ring (bicyclic) bond motifs is 1. The Bertz CT molecular complexity index is 836. The molecule has 23 heavy (non-hydrogen) atoms. The molecule has 6 nitrogen and oxygen atoms in total. The molecule has 0 aliphatic carbocycles. The van der Waals surface area contributed by atoms with Gasteiger partial charge in [0.1, 0.15) is 17.4 Å². The third-order valence-corrected chi connectivity index (χ3v) is 4.30. The summed E-state index contributed by atoms with van der Waals surface area (Å²) in [6.07, 6.45) is 0.874. The molecular weight excluding hydrogens is 310 g/mol. The van der Waals surface area contributed by atoms with Crippen LogP contribution in [0.25, 0.3) is 11.0 Å². The van der Waals surface area contributed by atoms with E-state index in [1.807, 2.05) is 35.8 Å². The van der Waals surface area contributed by atoms with E-state index in [1.165, 1.54) is 11.3 Å². The van der Waals surface area contributed by atoms with Crippen molar-refractivity contribution in [2.45, 2.75) is 33.7 Å². The van der Waals surface area contributed by atoms with E-state index in [9.17, 15) is 4.79 Å². The molecule has 3 rings (SSSR count). The van der Waals surface area contributed by atoms with E-state index in [0.29, 0.717) is 11.0 Å². The number of imidazole rings is 1. The Morgan fingerprint density at radius 2 is 2.09 bits per heavy atom. The van der Waals surface area contributed by atoms with Crippen LogP contribution < -0.4 is 5.32 Å². The lowest BCUT2D eigenvalue weighted by Crippen LogP contribution is -2.19. The van der Waals surface area contributed by atoms with Crippen molar-refractivity contribution >= 4 is 33.4 Å². The van der Waals surface area contributed by atoms with E-state index >= 15 is 0 Å². The van der Waals surface area contributed by atoms with Gasteiger partial charge in [-0.1, -0.05) is 37.3 Å². The Morgan fingerprint density at radius 3 is 2.87 bits per heavy atom. The van der Waals surface area contributed by atoms with E-state index in [1.54, 1.807) is 0 Å². The number of nitrogens with one attached hydrogen (secondary N) is 1. The second kappa shape index (κ2) is 6.45. The third kappa shape index (κ3) is 3.56. The molecule has 0 atom stereocenters. The summed E-state index contributed by atoms with van der Waals surface area (Å²) in [6, 6.07) is 7.80. The summed E-state index contributed by atoms with van der Waals surface area (Å²) in [4.78, 5) is 16.8. The molecule has 7 heteroatoms. The number of aromatic nitrogens is 4. The van der Waals surface area contributed by atoms with Crippen LogP contribution in [0.1, 0.15) is 24.7 Å². The van der Waals surface area contributed by atoms with Crippen LogP contribution in [0, 0.1) is 12.8 Å². The molecule has 0 aliphatic heterocycles. The fraction of sp³-hybridized carbons (Fsp3) is 0.375. The molecule has 0 radical (unpaired) electrons. The number of hydrogen-bond acceptors (Lipinski definition) is 5. The van der Waals surface area contributed by atoms with Crippen LogP contribution in [-0.2, 0) is 17.8 Å². The van der Waals surface area contributed by atoms with Crippen LogP contribution in [0.4, 0.5) is 5.13 Å². The Morgan fingerprint density at radius 1 is 1.30 bits per heavy atom. The van der Waals surface area contributed by atoms with E-state index in [0.717, 1.165) is 28.3 Å². The number of benzene rings is 1. The van der Waals surface area contributed by atoms with Crippen LogP contribution in [0.3, 0.4) is 0 Å². The minimum atomic E-state index is -0.122. The number of aryl methyl sites for hydroxylation is 1. The molecule has 1 aromatic carbocycles. The summed E-state index contributed by atoms with van der Waals surface area (Å²) in [5.74, 6) is 1.22. The van der Waals surface area contributed by atoms with Crippen molar-refractivity contribution in [3.8, 4) is 0 Å². The van der Waals surface area contributed by atoms with Crippen molar-refractivity contribution in [3.05, 3.63) is 35.1 Å². The minimum absolute atomic E-state index is 0.122. The molecule has 1 N–H and O–H groups in total. The number of carbonyl (C=O) groups is 1. The lowest BCUT2D eigenvalue weighted by Gasteiger charge is -2.06. The molecule has 0 unspecified atom stereocenters. The van der Waals surface area contributed by atoms with E-state index in [-0.39, 0.29) is 12.5 Å². The highest BCUT2D eigenvalue weighted by Gasteiger charge is 2.13. The number of hydrogen-bond donors (Lipinski definition) is 1. The van der Waals surface area contributed by atoms with Gasteiger partial charge in [-0.25, -0.2) is 4.98 Å². The second-order valence-corrected chi connectivity index (χ2v) is 6.94. The molecule has 1 amide bonds. The predicted octanol–water partition coefficient (Wildman–Crippen LogP) is 3.03. The Hall–Kier alpha value is -2.28. The molecule has 0 saturated heterocycles. The highest BCUT2D eigenvalue weighted by Crippen LogP contribution is 2.19. The average Bonchev–Trinajstić information content (AvgIpc) is 3.03. The molecule has 3 aromatic rings. The first-order valence-corrected chi connectivity index (χ1v) is 8.38. The van der Waals surface area contributed by atoms with Crippen LogP contribution in [0.2, 0.25) is 0 Å². The van der Waals surface area contributed by atoms with E-state index in [4.69, 9.17) is 0 Å². The summed E-state index contributed by atoms with van der Waals surface area (Å²) >= 11 is 1.43. The van der Waals surface area contributed by atoms with Crippen LogP contribution >= 0.6 is 11.3 Å². The fourth-order valence-corrected chi connectivity index (χ4v) is 3.40. The first kappa shape index (κ1) is 15.6. The van der Waals surface area contributed by atoms with Gasteiger partial charge in [-0.3, -0.25) is 10.1 Å². The molecule has 0 bridgehead atoms. The van der Waals surface area contributed by atoms with Gasteiger partial charge in [-0.2, -0.15) is 0 Å². The van der Waals surface area contributed by atoms with Crippen molar-refractivity contribution < 1.29 is 4.79 Å². The van der Waals surface area contributed by atoms with Crippen molar-refractivity contribution in [1.82, 2.24) is 19.7 Å². The number of carbonyl (C=O) groups excluding carboxylic acids is 1. The monoisotopic (exact) mass is 329 g/mol. The van der Waals surface area contributed by atoms with Gasteiger partial charge in [0.25, 0.3) is 0 Å². The quantitative estimate of drug-likeness (QED) is 0.781. The smallest absolute Gasteiger partial charge is 0.246 e. The van der Waals surface area contributed by atoms with Gasteiger partial charge in [0.05, 0.1) is 11.0 Å². The maximum absolute atomic E-state index is 12.3. The number of amides is 1. The van der Waals surface area contributed by atoms with Crippen molar-refractivity contribution in [3.63, 3.8) is 0 Å². The third-order valence-electron chi connectivity index (χ3n) is 3.44. The Labute approximate surface area is 138 Å². The topological polar surface area (TPSA) is 72.7 Å². The van der Waals surface area contributed by atoms with Gasteiger partial charge in [0.2, 0.25) is 11.0 Å². The standard InChI is InChI=1S/C16H19N5OS/c1-10(2)8-15-19-20-16(23-15)18-14(22)9-21-11(3)17-12-6-4-5-7-13(12)21/h4-7,10H,8-9H2,1-3H3,(H,18,20,22). The highest BCUT2D eigenvalue weighted by molar-refractivity contribution is 7.15. The van der Waals surface area contributed by atoms with Crippen LogP contribution in [0.5, 0.6) is 0 Å². The molecule has 0 spiro atoms. The largest absolute Gasteiger partial charge is 0.319 e. The van der Waals surface area contributed by atoms with Gasteiger partial charge in [-0.15, -0.1) is 10.2 Å². The highest BCUT2D eigenvalue weighted by atomic mass is 32.1. The summed E-state index contributed by atoms with van der Waals surface area (Å²) in [6.45, 7) is 6.38. The minimum Gasteiger partial charge on any atom is -0.319 e. The fourth-order valence-electron chi connectivity index (χ4n) is 2.43. The average molecular weight is 329 g/mol. The molecule has 2 heterocycles. The number of nitrogens with zero attached hydrogens (tertiary/aromatic N) is 4. The zero-order valence-electron chi connectivity index (χ0n) is 13.4. The molecular formula is C16H19N5OS. The zero-order valence-corrected chi connectivity index (χ0v) is 14.2. The Kier molecular flexibility index (Phi) is 4.38. The number of para-hydroxylation sites is 2. The molecule has 0 saturated carbocycles. The Balaban J connectivity index is 1.71. The maximum atomic E-state index is 12.3. The summed E-state index contributed by atoms with van der Waals surface area (Å²) in [5, 5.41) is 12.5. The normalized spacial score (nSPS) is 11.3. The van der Waals surface area contributed by atoms with Crippen molar-refractivity contribution in [2.75, 3.05) is 5.32 Å². The first-order valence-electron chi connectivity index (χ1n) is 7.57. The first-order chi connectivity index (χ1) is 11.0. The zero-order chi connectivity index (χ0) is 16.4. The van der Waals surface area contributed by atoms with Gasteiger partial charge in [-0.05, 0) is 25.0 Å². The van der Waals surface area contributed by atoms with E-state index < -0.39 is 0 Å². The summed E-state index contributed by atoms with van der Waals surface area (Å²) in [5.41, 5.74) is 1.85. The van der Waals surface area contributed by atoms with Gasteiger partial charge in [0, 0.05) is 6.42 Å². The summed E-state index contributed by atoms with van der Waals surface area (Å²) < 4.78 is 1.90. The SMILES string of the molecule is Cc1nc2ccccc2n1CC(=O)Nc1nnc(CC(C)C)s1. The molecule has 0 aliphatic rings. The molecule has 120 valence electrons. The van der Waals surface area contributed by atoms with Crippen LogP contribution in [-0.4, -0.2) is 25.7 Å².